The lowest BCUT2D eigenvalue weighted by atomic mass is 9.63. The van der Waals surface area contributed by atoms with Crippen LogP contribution in [0, 0.1) is 5.41 Å². The van der Waals surface area contributed by atoms with Gasteiger partial charge in [-0.15, -0.1) is 0 Å². The maximum absolute atomic E-state index is 13.0. The third-order valence-electron chi connectivity index (χ3n) is 5.97. The third-order valence-corrected chi connectivity index (χ3v) is 6.30. The summed E-state index contributed by atoms with van der Waals surface area (Å²) in [6, 6.07) is 6.79. The van der Waals surface area contributed by atoms with Gasteiger partial charge in [0.25, 0.3) is 0 Å². The summed E-state index contributed by atoms with van der Waals surface area (Å²) in [7, 11) is 2.09. The Morgan fingerprint density at radius 2 is 1.64 bits per heavy atom. The molecule has 1 fully saturated rings. The van der Waals surface area contributed by atoms with Crippen molar-refractivity contribution in [3.05, 3.63) is 34.9 Å². The standard InChI is InChI=1S/C22H32ClNO4/c1-7-27-19(26)22(14-20(2,3)24(6)21(4,5)15-22)12-13-28-18(25)16-10-8-9-11-17(16)23/h8-11H,7,12-15H2,1-6H3. The number of hydrogen-bond donors (Lipinski definition) is 0. The molecule has 0 aromatic heterocycles. The molecule has 5 nitrogen and oxygen atoms in total. The fourth-order valence-electron chi connectivity index (χ4n) is 4.53. The Balaban J connectivity index is 2.19. The van der Waals surface area contributed by atoms with Crippen molar-refractivity contribution in [2.75, 3.05) is 20.3 Å². The van der Waals surface area contributed by atoms with Gasteiger partial charge in [-0.2, -0.15) is 0 Å². The molecule has 1 aliphatic rings. The van der Waals surface area contributed by atoms with E-state index in [9.17, 15) is 9.59 Å². The molecule has 1 heterocycles. The third kappa shape index (κ3) is 4.69. The number of nitrogens with zero attached hydrogens (tertiary/aromatic N) is 1. The summed E-state index contributed by atoms with van der Waals surface area (Å²) >= 11 is 6.08. The van der Waals surface area contributed by atoms with E-state index in [1.54, 1.807) is 24.3 Å². The quantitative estimate of drug-likeness (QED) is 0.636. The number of carbonyl (C=O) groups is 2. The average molecular weight is 410 g/mol. The van der Waals surface area contributed by atoms with Crippen LogP contribution in [0.15, 0.2) is 24.3 Å². The molecule has 1 aromatic carbocycles. The number of halogens is 1. The van der Waals surface area contributed by atoms with Crippen LogP contribution in [0.4, 0.5) is 0 Å². The summed E-state index contributed by atoms with van der Waals surface area (Å²) in [5.74, 6) is -0.686. The van der Waals surface area contributed by atoms with E-state index >= 15 is 0 Å². The van der Waals surface area contributed by atoms with E-state index in [1.807, 2.05) is 6.92 Å². The first kappa shape index (κ1) is 22.7. The minimum atomic E-state index is -0.698. The Bertz CT molecular complexity index is 711. The van der Waals surface area contributed by atoms with Crippen LogP contribution in [0.5, 0.6) is 0 Å². The number of rotatable bonds is 6. The molecule has 28 heavy (non-hydrogen) atoms. The van der Waals surface area contributed by atoms with Crippen molar-refractivity contribution in [1.29, 1.82) is 0 Å². The van der Waals surface area contributed by atoms with E-state index in [1.165, 1.54) is 0 Å². The van der Waals surface area contributed by atoms with Crippen LogP contribution in [0.1, 0.15) is 64.2 Å². The van der Waals surface area contributed by atoms with Gasteiger partial charge in [0.15, 0.2) is 0 Å². The molecule has 0 spiro atoms. The summed E-state index contributed by atoms with van der Waals surface area (Å²) in [6.07, 6.45) is 1.70. The highest BCUT2D eigenvalue weighted by molar-refractivity contribution is 6.33. The molecular formula is C22H32ClNO4. The van der Waals surface area contributed by atoms with E-state index in [-0.39, 0.29) is 23.7 Å². The van der Waals surface area contributed by atoms with E-state index in [4.69, 9.17) is 21.1 Å². The molecule has 1 aliphatic heterocycles. The van der Waals surface area contributed by atoms with Crippen molar-refractivity contribution in [2.45, 2.75) is 65.0 Å². The van der Waals surface area contributed by atoms with Gasteiger partial charge in [-0.25, -0.2) is 4.79 Å². The number of piperidine rings is 1. The summed E-state index contributed by atoms with van der Waals surface area (Å²) in [4.78, 5) is 27.7. The van der Waals surface area contributed by atoms with Crippen LogP contribution >= 0.6 is 11.6 Å². The van der Waals surface area contributed by atoms with E-state index in [0.717, 1.165) is 0 Å². The van der Waals surface area contributed by atoms with Crippen LogP contribution in [-0.2, 0) is 14.3 Å². The Morgan fingerprint density at radius 1 is 1.07 bits per heavy atom. The van der Waals surface area contributed by atoms with Crippen LogP contribution in [0.3, 0.4) is 0 Å². The van der Waals surface area contributed by atoms with Gasteiger partial charge in [-0.1, -0.05) is 23.7 Å². The SMILES string of the molecule is CCOC(=O)C1(CCOC(=O)c2ccccc2Cl)CC(C)(C)N(C)C(C)(C)C1. The maximum atomic E-state index is 13.0. The van der Waals surface area contributed by atoms with Gasteiger partial charge in [-0.05, 0) is 73.1 Å². The lowest BCUT2D eigenvalue weighted by Gasteiger charge is -2.57. The molecule has 1 saturated heterocycles. The summed E-state index contributed by atoms with van der Waals surface area (Å²) in [6.45, 7) is 10.8. The first-order valence-corrected chi connectivity index (χ1v) is 10.2. The molecule has 6 heteroatoms. The van der Waals surface area contributed by atoms with Gasteiger partial charge in [0.05, 0.1) is 29.2 Å². The van der Waals surface area contributed by atoms with Crippen molar-refractivity contribution in [1.82, 2.24) is 4.90 Å². The molecule has 1 aromatic rings. The summed E-state index contributed by atoms with van der Waals surface area (Å²) < 4.78 is 10.9. The molecule has 0 amide bonds. The second-order valence-electron chi connectivity index (χ2n) is 8.90. The molecule has 0 saturated carbocycles. The van der Waals surface area contributed by atoms with Gasteiger partial charge in [0.1, 0.15) is 0 Å². The zero-order valence-corrected chi connectivity index (χ0v) is 18.6. The first-order chi connectivity index (χ1) is 12.9. The van der Waals surface area contributed by atoms with Crippen LogP contribution in [0.25, 0.3) is 0 Å². The smallest absolute Gasteiger partial charge is 0.339 e. The highest BCUT2D eigenvalue weighted by Gasteiger charge is 2.55. The van der Waals surface area contributed by atoms with Crippen LogP contribution < -0.4 is 0 Å². The van der Waals surface area contributed by atoms with Gasteiger partial charge in [0, 0.05) is 11.1 Å². The zero-order chi connectivity index (χ0) is 21.2. The van der Waals surface area contributed by atoms with Crippen molar-refractivity contribution >= 4 is 23.5 Å². The molecule has 0 aliphatic carbocycles. The lowest BCUT2D eigenvalue weighted by molar-refractivity contribution is -0.171. The second-order valence-corrected chi connectivity index (χ2v) is 9.31. The second kappa shape index (κ2) is 8.42. The Morgan fingerprint density at radius 3 is 2.18 bits per heavy atom. The number of carbonyl (C=O) groups excluding carboxylic acids is 2. The first-order valence-electron chi connectivity index (χ1n) is 9.78. The predicted octanol–water partition coefficient (Wildman–Crippen LogP) is 4.72. The number of likely N-dealkylation sites (tertiary alicyclic amines) is 1. The minimum absolute atomic E-state index is 0.138. The van der Waals surface area contributed by atoms with E-state index in [0.29, 0.717) is 36.5 Å². The van der Waals surface area contributed by atoms with Crippen LogP contribution in [0.2, 0.25) is 5.02 Å². The monoisotopic (exact) mass is 409 g/mol. The van der Waals surface area contributed by atoms with Crippen LogP contribution in [-0.4, -0.2) is 48.2 Å². The molecule has 2 rings (SSSR count). The minimum Gasteiger partial charge on any atom is -0.466 e. The number of hydrogen-bond acceptors (Lipinski definition) is 5. The molecule has 0 radical (unpaired) electrons. The number of benzene rings is 1. The highest BCUT2D eigenvalue weighted by atomic mass is 35.5. The fraction of sp³-hybridized carbons (Fsp3) is 0.636. The van der Waals surface area contributed by atoms with Gasteiger partial charge < -0.3 is 9.47 Å². The zero-order valence-electron chi connectivity index (χ0n) is 17.8. The predicted molar refractivity (Wildman–Crippen MR) is 111 cm³/mol. The van der Waals surface area contributed by atoms with Gasteiger partial charge in [-0.3, -0.25) is 9.69 Å². The Kier molecular flexibility index (Phi) is 6.82. The van der Waals surface area contributed by atoms with Crippen molar-refractivity contribution < 1.29 is 19.1 Å². The molecule has 156 valence electrons. The van der Waals surface area contributed by atoms with Crippen molar-refractivity contribution in [3.8, 4) is 0 Å². The molecule has 0 bridgehead atoms. The molecule has 0 unspecified atom stereocenters. The molecular weight excluding hydrogens is 378 g/mol. The Hall–Kier alpha value is -1.59. The summed E-state index contributed by atoms with van der Waals surface area (Å²) in [5, 5.41) is 0.356. The average Bonchev–Trinajstić information content (AvgIpc) is 2.59. The van der Waals surface area contributed by atoms with E-state index < -0.39 is 11.4 Å². The lowest BCUT2D eigenvalue weighted by Crippen LogP contribution is -2.63. The topological polar surface area (TPSA) is 55.8 Å². The normalized spacial score (nSPS) is 20.4. The number of ether oxygens (including phenoxy) is 2. The van der Waals surface area contributed by atoms with E-state index in [2.05, 4.69) is 39.6 Å². The molecule has 0 atom stereocenters. The highest BCUT2D eigenvalue weighted by Crippen LogP contribution is 2.50. The summed E-state index contributed by atoms with van der Waals surface area (Å²) in [5.41, 5.74) is -0.753. The van der Waals surface area contributed by atoms with Gasteiger partial charge >= 0.3 is 11.9 Å². The van der Waals surface area contributed by atoms with Crippen molar-refractivity contribution in [3.63, 3.8) is 0 Å². The largest absolute Gasteiger partial charge is 0.466 e. The van der Waals surface area contributed by atoms with Gasteiger partial charge in [0.2, 0.25) is 0 Å². The Labute approximate surface area is 173 Å². The van der Waals surface area contributed by atoms with Crippen molar-refractivity contribution in [2.24, 2.45) is 5.41 Å². The molecule has 0 N–H and O–H groups in total. The number of esters is 2. The fourth-order valence-corrected chi connectivity index (χ4v) is 4.74. The maximum Gasteiger partial charge on any atom is 0.339 e.